The van der Waals surface area contributed by atoms with Gasteiger partial charge >= 0.3 is 5.97 Å². The molecule has 0 heterocycles. The summed E-state index contributed by atoms with van der Waals surface area (Å²) >= 11 is 0. The Labute approximate surface area is 122 Å². The van der Waals surface area contributed by atoms with E-state index in [1.165, 1.54) is 0 Å². The SMILES string of the molecule is CC(CC(=O)O)NC(=O)COc1cccc2ccccc12. The van der Waals surface area contributed by atoms with Crippen LogP contribution < -0.4 is 10.1 Å². The molecule has 0 bridgehead atoms. The van der Waals surface area contributed by atoms with E-state index >= 15 is 0 Å². The second-order valence-electron chi connectivity index (χ2n) is 4.83. The number of aliphatic carboxylic acids is 1. The smallest absolute Gasteiger partial charge is 0.305 e. The van der Waals surface area contributed by atoms with Crippen LogP contribution in [-0.2, 0) is 9.59 Å². The Morgan fingerprint density at radius 1 is 1.19 bits per heavy atom. The van der Waals surface area contributed by atoms with Gasteiger partial charge in [-0.3, -0.25) is 9.59 Å². The lowest BCUT2D eigenvalue weighted by Gasteiger charge is -2.13. The first-order valence-electron chi connectivity index (χ1n) is 6.68. The first-order valence-corrected chi connectivity index (χ1v) is 6.68. The van der Waals surface area contributed by atoms with Crippen LogP contribution in [0.25, 0.3) is 10.8 Å². The Balaban J connectivity index is 1.95. The predicted molar refractivity (Wildman–Crippen MR) is 79.3 cm³/mol. The molecule has 1 unspecified atom stereocenters. The minimum atomic E-state index is -0.947. The maximum atomic E-state index is 11.7. The summed E-state index contributed by atoms with van der Waals surface area (Å²) in [5.74, 6) is -0.649. The first kappa shape index (κ1) is 14.8. The summed E-state index contributed by atoms with van der Waals surface area (Å²) in [7, 11) is 0. The van der Waals surface area contributed by atoms with Gasteiger partial charge in [-0.25, -0.2) is 0 Å². The van der Waals surface area contributed by atoms with Crippen LogP contribution in [0, 0.1) is 0 Å². The molecule has 1 atom stereocenters. The molecule has 0 spiro atoms. The monoisotopic (exact) mass is 287 g/mol. The largest absolute Gasteiger partial charge is 0.483 e. The topological polar surface area (TPSA) is 75.6 Å². The molecule has 5 nitrogen and oxygen atoms in total. The van der Waals surface area contributed by atoms with Crippen molar-refractivity contribution in [3.05, 3.63) is 42.5 Å². The fourth-order valence-corrected chi connectivity index (χ4v) is 2.09. The molecule has 0 saturated heterocycles. The van der Waals surface area contributed by atoms with Gasteiger partial charge < -0.3 is 15.2 Å². The first-order chi connectivity index (χ1) is 10.1. The number of fused-ring (bicyclic) bond motifs is 1. The van der Waals surface area contributed by atoms with Crippen LogP contribution in [0.15, 0.2) is 42.5 Å². The summed E-state index contributed by atoms with van der Waals surface area (Å²) in [6.07, 6.45) is -0.111. The van der Waals surface area contributed by atoms with E-state index in [2.05, 4.69) is 5.32 Å². The summed E-state index contributed by atoms with van der Waals surface area (Å²) in [6.45, 7) is 1.50. The van der Waals surface area contributed by atoms with Crippen LogP contribution in [0.3, 0.4) is 0 Å². The van der Waals surface area contributed by atoms with Gasteiger partial charge in [0.2, 0.25) is 0 Å². The van der Waals surface area contributed by atoms with Crippen molar-refractivity contribution in [2.45, 2.75) is 19.4 Å². The number of rotatable bonds is 6. The van der Waals surface area contributed by atoms with Gasteiger partial charge in [0.15, 0.2) is 6.61 Å². The van der Waals surface area contributed by atoms with E-state index in [0.29, 0.717) is 5.75 Å². The molecule has 0 fully saturated rings. The van der Waals surface area contributed by atoms with E-state index < -0.39 is 12.0 Å². The number of ether oxygens (including phenoxy) is 1. The summed E-state index contributed by atoms with van der Waals surface area (Å²) < 4.78 is 5.53. The van der Waals surface area contributed by atoms with E-state index in [1.807, 2.05) is 36.4 Å². The van der Waals surface area contributed by atoms with Crippen LogP contribution in [0.4, 0.5) is 0 Å². The van der Waals surface area contributed by atoms with Gasteiger partial charge in [-0.1, -0.05) is 36.4 Å². The molecule has 1 amide bonds. The molecular formula is C16H17NO4. The van der Waals surface area contributed by atoms with E-state index in [-0.39, 0.29) is 18.9 Å². The van der Waals surface area contributed by atoms with Crippen molar-refractivity contribution >= 4 is 22.6 Å². The molecule has 2 N–H and O–H groups in total. The Bertz CT molecular complexity index is 648. The highest BCUT2D eigenvalue weighted by molar-refractivity contribution is 5.88. The number of benzene rings is 2. The van der Waals surface area contributed by atoms with Gasteiger partial charge in [0.05, 0.1) is 6.42 Å². The number of nitrogens with one attached hydrogen (secondary N) is 1. The Kier molecular flexibility index (Phi) is 4.77. The Morgan fingerprint density at radius 2 is 1.90 bits per heavy atom. The van der Waals surface area contributed by atoms with Gasteiger partial charge in [0.25, 0.3) is 5.91 Å². The van der Waals surface area contributed by atoms with Crippen LogP contribution in [-0.4, -0.2) is 29.6 Å². The number of hydrogen-bond donors (Lipinski definition) is 2. The maximum absolute atomic E-state index is 11.7. The molecule has 0 saturated carbocycles. The van der Waals surface area contributed by atoms with Crippen LogP contribution in [0.5, 0.6) is 5.75 Å². The highest BCUT2D eigenvalue weighted by Crippen LogP contribution is 2.24. The summed E-state index contributed by atoms with van der Waals surface area (Å²) in [4.78, 5) is 22.2. The van der Waals surface area contributed by atoms with Crippen molar-refractivity contribution in [2.75, 3.05) is 6.61 Å². The van der Waals surface area contributed by atoms with Crippen molar-refractivity contribution in [3.8, 4) is 5.75 Å². The van der Waals surface area contributed by atoms with E-state index in [0.717, 1.165) is 10.8 Å². The molecule has 0 radical (unpaired) electrons. The van der Waals surface area contributed by atoms with Crippen molar-refractivity contribution in [2.24, 2.45) is 0 Å². The molecule has 2 aromatic carbocycles. The fourth-order valence-electron chi connectivity index (χ4n) is 2.09. The molecule has 0 aromatic heterocycles. The molecule has 0 aliphatic carbocycles. The molecule has 21 heavy (non-hydrogen) atoms. The zero-order chi connectivity index (χ0) is 15.2. The molecular weight excluding hydrogens is 270 g/mol. The third-order valence-electron chi connectivity index (χ3n) is 3.00. The van der Waals surface area contributed by atoms with Crippen LogP contribution in [0.2, 0.25) is 0 Å². The maximum Gasteiger partial charge on any atom is 0.305 e. The number of carbonyl (C=O) groups excluding carboxylic acids is 1. The quantitative estimate of drug-likeness (QED) is 0.854. The third kappa shape index (κ3) is 4.21. The fraction of sp³-hybridized carbons (Fsp3) is 0.250. The second kappa shape index (κ2) is 6.74. The highest BCUT2D eigenvalue weighted by Gasteiger charge is 2.11. The van der Waals surface area contributed by atoms with Gasteiger partial charge in [-0.2, -0.15) is 0 Å². The van der Waals surface area contributed by atoms with E-state index in [9.17, 15) is 9.59 Å². The average Bonchev–Trinajstić information content (AvgIpc) is 2.44. The van der Waals surface area contributed by atoms with Gasteiger partial charge in [-0.15, -0.1) is 0 Å². The van der Waals surface area contributed by atoms with Crippen molar-refractivity contribution in [3.63, 3.8) is 0 Å². The zero-order valence-corrected chi connectivity index (χ0v) is 11.7. The molecule has 110 valence electrons. The third-order valence-corrected chi connectivity index (χ3v) is 3.00. The average molecular weight is 287 g/mol. The predicted octanol–water partition coefficient (Wildman–Crippen LogP) is 2.20. The van der Waals surface area contributed by atoms with E-state index in [1.54, 1.807) is 13.0 Å². The number of carbonyl (C=O) groups is 2. The standard InChI is InChI=1S/C16H17NO4/c1-11(9-16(19)20)17-15(18)10-21-14-8-4-6-12-5-2-3-7-13(12)14/h2-8,11H,9-10H2,1H3,(H,17,18)(H,19,20). The lowest BCUT2D eigenvalue weighted by Crippen LogP contribution is -2.37. The lowest BCUT2D eigenvalue weighted by atomic mass is 10.1. The number of carboxylic acid groups (broad SMARTS) is 1. The number of carboxylic acids is 1. The van der Waals surface area contributed by atoms with Crippen molar-refractivity contribution in [1.82, 2.24) is 5.32 Å². The Hall–Kier alpha value is -2.56. The Morgan fingerprint density at radius 3 is 2.67 bits per heavy atom. The lowest BCUT2D eigenvalue weighted by molar-refractivity contribution is -0.137. The minimum absolute atomic E-state index is 0.111. The highest BCUT2D eigenvalue weighted by atomic mass is 16.5. The van der Waals surface area contributed by atoms with E-state index in [4.69, 9.17) is 9.84 Å². The van der Waals surface area contributed by atoms with Crippen molar-refractivity contribution in [1.29, 1.82) is 0 Å². The summed E-state index contributed by atoms with van der Waals surface area (Å²) in [5.41, 5.74) is 0. The molecule has 0 aliphatic heterocycles. The van der Waals surface area contributed by atoms with Gasteiger partial charge in [0.1, 0.15) is 5.75 Å². The summed E-state index contributed by atoms with van der Waals surface area (Å²) in [5, 5.41) is 13.2. The summed E-state index contributed by atoms with van der Waals surface area (Å²) in [6, 6.07) is 12.9. The van der Waals surface area contributed by atoms with Crippen LogP contribution in [0.1, 0.15) is 13.3 Å². The molecule has 2 rings (SSSR count). The second-order valence-corrected chi connectivity index (χ2v) is 4.83. The zero-order valence-electron chi connectivity index (χ0n) is 11.7. The molecule has 5 heteroatoms. The van der Waals surface area contributed by atoms with Crippen molar-refractivity contribution < 1.29 is 19.4 Å². The number of hydrogen-bond acceptors (Lipinski definition) is 3. The normalized spacial score (nSPS) is 11.9. The van der Waals surface area contributed by atoms with Crippen LogP contribution >= 0.6 is 0 Å². The minimum Gasteiger partial charge on any atom is -0.483 e. The van der Waals surface area contributed by atoms with Gasteiger partial charge in [-0.05, 0) is 18.4 Å². The molecule has 2 aromatic rings. The molecule has 0 aliphatic rings. The van der Waals surface area contributed by atoms with Gasteiger partial charge in [0, 0.05) is 11.4 Å². The number of amides is 1.